The maximum Gasteiger partial charge on any atom is 0.275 e. The average molecular weight is 293 g/mol. The highest BCUT2D eigenvalue weighted by Crippen LogP contribution is 2.14. The fraction of sp³-hybridized carbons (Fsp3) is 0. The second-order valence-corrected chi connectivity index (χ2v) is 5.41. The minimum atomic E-state index is -3.83. The summed E-state index contributed by atoms with van der Waals surface area (Å²) < 4.78 is 22.4. The molecule has 1 aromatic carbocycles. The third-order valence-corrected chi connectivity index (χ3v) is 3.24. The Hall–Kier alpha value is -2.52. The molecule has 0 radical (unpaired) electrons. The lowest BCUT2D eigenvalue weighted by atomic mass is 10.3. The highest BCUT2D eigenvalue weighted by Gasteiger charge is 2.11. The number of hydrogen-bond donors (Lipinski definition) is 3. The zero-order chi connectivity index (χ0) is 14.8. The number of primary sulfonamides is 1. The molecule has 1 heterocycles. The van der Waals surface area contributed by atoms with Gasteiger partial charge in [0, 0.05) is 5.69 Å². The highest BCUT2D eigenvalue weighted by atomic mass is 32.2. The van der Waals surface area contributed by atoms with Crippen molar-refractivity contribution in [3.05, 3.63) is 42.4 Å². The number of carbonyl (C=O) groups is 1. The van der Waals surface area contributed by atoms with Crippen LogP contribution in [0.25, 0.3) is 0 Å². The Morgan fingerprint density at radius 2 is 1.95 bits per heavy atom. The lowest BCUT2D eigenvalue weighted by Crippen LogP contribution is -2.16. The van der Waals surface area contributed by atoms with Crippen molar-refractivity contribution >= 4 is 27.4 Å². The topological polar surface area (TPSA) is 141 Å². The largest absolute Gasteiger partial charge is 0.382 e. The molecule has 8 nitrogen and oxygen atoms in total. The van der Waals surface area contributed by atoms with E-state index in [1.165, 1.54) is 36.7 Å². The number of amides is 1. The van der Waals surface area contributed by atoms with Gasteiger partial charge in [0.25, 0.3) is 5.91 Å². The Labute approximate surface area is 114 Å². The van der Waals surface area contributed by atoms with Crippen LogP contribution in [0.1, 0.15) is 10.5 Å². The molecule has 0 saturated carbocycles. The van der Waals surface area contributed by atoms with Crippen molar-refractivity contribution in [3.8, 4) is 0 Å². The van der Waals surface area contributed by atoms with E-state index in [4.69, 9.17) is 10.9 Å². The molecule has 9 heteroatoms. The monoisotopic (exact) mass is 293 g/mol. The number of benzene rings is 1. The average Bonchev–Trinajstić information content (AvgIpc) is 2.38. The second kappa shape index (κ2) is 5.23. The summed E-state index contributed by atoms with van der Waals surface area (Å²) in [6.45, 7) is 0. The Morgan fingerprint density at radius 3 is 2.55 bits per heavy atom. The highest BCUT2D eigenvalue weighted by molar-refractivity contribution is 7.89. The standard InChI is InChI=1S/C11H11N5O3S/c12-10-6-14-9(5-15-10)11(17)16-7-2-1-3-8(4-7)20(13,18)19/h1-6H,(H2,12,15)(H,16,17)(H2,13,18,19). The van der Waals surface area contributed by atoms with Crippen molar-refractivity contribution in [3.63, 3.8) is 0 Å². The number of nitrogen functional groups attached to an aromatic ring is 1. The number of aromatic nitrogens is 2. The minimum Gasteiger partial charge on any atom is -0.382 e. The van der Waals surface area contributed by atoms with Crippen LogP contribution in [0.5, 0.6) is 0 Å². The van der Waals surface area contributed by atoms with Crippen LogP contribution in [0.2, 0.25) is 0 Å². The van der Waals surface area contributed by atoms with E-state index < -0.39 is 15.9 Å². The van der Waals surface area contributed by atoms with Gasteiger partial charge >= 0.3 is 0 Å². The molecule has 0 fully saturated rings. The molecule has 0 saturated heterocycles. The van der Waals surface area contributed by atoms with E-state index in [-0.39, 0.29) is 22.1 Å². The van der Waals surface area contributed by atoms with E-state index in [0.29, 0.717) is 0 Å². The van der Waals surface area contributed by atoms with Gasteiger partial charge in [-0.3, -0.25) is 4.79 Å². The quantitative estimate of drug-likeness (QED) is 0.725. The van der Waals surface area contributed by atoms with Gasteiger partial charge in [-0.05, 0) is 18.2 Å². The van der Waals surface area contributed by atoms with Gasteiger partial charge in [0.05, 0.1) is 17.3 Å². The predicted molar refractivity (Wildman–Crippen MR) is 72.2 cm³/mol. The van der Waals surface area contributed by atoms with Crippen LogP contribution in [-0.2, 0) is 10.0 Å². The van der Waals surface area contributed by atoms with Gasteiger partial charge in [-0.15, -0.1) is 0 Å². The van der Waals surface area contributed by atoms with Crippen LogP contribution in [-0.4, -0.2) is 24.3 Å². The van der Waals surface area contributed by atoms with Crippen molar-refractivity contribution in [2.24, 2.45) is 5.14 Å². The molecule has 0 bridgehead atoms. The first-order valence-electron chi connectivity index (χ1n) is 5.38. The molecule has 0 unspecified atom stereocenters. The van der Waals surface area contributed by atoms with Gasteiger partial charge in [0.2, 0.25) is 10.0 Å². The first-order valence-corrected chi connectivity index (χ1v) is 6.92. The molecule has 0 aliphatic carbocycles. The van der Waals surface area contributed by atoms with E-state index in [2.05, 4.69) is 15.3 Å². The summed E-state index contributed by atoms with van der Waals surface area (Å²) in [5.74, 6) is -0.346. The third kappa shape index (κ3) is 3.28. The lowest BCUT2D eigenvalue weighted by molar-refractivity contribution is 0.102. The van der Waals surface area contributed by atoms with Crippen molar-refractivity contribution in [1.82, 2.24) is 9.97 Å². The number of carbonyl (C=O) groups excluding carboxylic acids is 1. The maximum absolute atomic E-state index is 11.9. The molecule has 2 aromatic rings. The fourth-order valence-corrected chi connectivity index (χ4v) is 1.96. The Balaban J connectivity index is 2.22. The zero-order valence-electron chi connectivity index (χ0n) is 10.1. The van der Waals surface area contributed by atoms with Gasteiger partial charge in [0.15, 0.2) is 0 Å². The Bertz CT molecular complexity index is 743. The molecule has 20 heavy (non-hydrogen) atoms. The van der Waals surface area contributed by atoms with Crippen LogP contribution in [0.15, 0.2) is 41.6 Å². The van der Waals surface area contributed by atoms with E-state index in [9.17, 15) is 13.2 Å². The first kappa shape index (κ1) is 13.9. The van der Waals surface area contributed by atoms with Crippen LogP contribution < -0.4 is 16.2 Å². The van der Waals surface area contributed by atoms with Crippen LogP contribution in [0, 0.1) is 0 Å². The first-order chi connectivity index (χ1) is 9.36. The van der Waals surface area contributed by atoms with Crippen LogP contribution in [0.4, 0.5) is 11.5 Å². The number of anilines is 2. The van der Waals surface area contributed by atoms with Crippen molar-refractivity contribution < 1.29 is 13.2 Å². The van der Waals surface area contributed by atoms with Gasteiger partial charge < -0.3 is 11.1 Å². The molecule has 0 aliphatic rings. The Morgan fingerprint density at radius 1 is 1.20 bits per heavy atom. The summed E-state index contributed by atoms with van der Waals surface area (Å²) >= 11 is 0. The van der Waals surface area contributed by atoms with E-state index in [1.807, 2.05) is 0 Å². The minimum absolute atomic E-state index is 0.0557. The maximum atomic E-state index is 11.9. The number of nitrogens with two attached hydrogens (primary N) is 2. The number of sulfonamides is 1. The fourth-order valence-electron chi connectivity index (χ4n) is 1.40. The predicted octanol–water partition coefficient (Wildman–Crippen LogP) is -0.0415. The van der Waals surface area contributed by atoms with Gasteiger partial charge in [0.1, 0.15) is 11.5 Å². The molecule has 5 N–H and O–H groups in total. The second-order valence-electron chi connectivity index (χ2n) is 3.85. The molecular weight excluding hydrogens is 282 g/mol. The summed E-state index contributed by atoms with van der Waals surface area (Å²) in [6.07, 6.45) is 2.46. The number of hydrogen-bond acceptors (Lipinski definition) is 6. The normalized spacial score (nSPS) is 11.1. The number of nitrogens with zero attached hydrogens (tertiary/aromatic N) is 2. The van der Waals surface area contributed by atoms with Crippen LogP contribution >= 0.6 is 0 Å². The van der Waals surface area contributed by atoms with Gasteiger partial charge in [-0.1, -0.05) is 6.07 Å². The SMILES string of the molecule is Nc1cnc(C(=O)Nc2cccc(S(N)(=O)=O)c2)cn1. The summed E-state index contributed by atoms with van der Waals surface area (Å²) in [5.41, 5.74) is 5.69. The molecule has 1 amide bonds. The summed E-state index contributed by atoms with van der Waals surface area (Å²) in [6, 6.07) is 5.56. The summed E-state index contributed by atoms with van der Waals surface area (Å²) in [4.78, 5) is 19.3. The zero-order valence-corrected chi connectivity index (χ0v) is 11.0. The smallest absolute Gasteiger partial charge is 0.275 e. The lowest BCUT2D eigenvalue weighted by Gasteiger charge is -2.06. The van der Waals surface area contributed by atoms with E-state index in [0.717, 1.165) is 0 Å². The molecule has 2 rings (SSSR count). The molecule has 0 spiro atoms. The summed E-state index contributed by atoms with van der Waals surface area (Å²) in [7, 11) is -3.83. The Kier molecular flexibility index (Phi) is 3.63. The third-order valence-electron chi connectivity index (χ3n) is 2.32. The molecule has 0 atom stereocenters. The summed E-state index contributed by atoms with van der Waals surface area (Å²) in [5, 5.41) is 7.50. The number of nitrogens with one attached hydrogen (secondary N) is 1. The molecule has 1 aromatic heterocycles. The van der Waals surface area contributed by atoms with E-state index in [1.54, 1.807) is 0 Å². The van der Waals surface area contributed by atoms with Gasteiger partial charge in [-0.2, -0.15) is 0 Å². The molecule has 0 aliphatic heterocycles. The molecular formula is C11H11N5O3S. The van der Waals surface area contributed by atoms with Crippen molar-refractivity contribution in [1.29, 1.82) is 0 Å². The van der Waals surface area contributed by atoms with Crippen LogP contribution in [0.3, 0.4) is 0 Å². The van der Waals surface area contributed by atoms with E-state index >= 15 is 0 Å². The van der Waals surface area contributed by atoms with Gasteiger partial charge in [-0.25, -0.2) is 23.5 Å². The molecule has 104 valence electrons. The van der Waals surface area contributed by atoms with Crippen molar-refractivity contribution in [2.75, 3.05) is 11.1 Å². The number of rotatable bonds is 3. The van der Waals surface area contributed by atoms with Crippen molar-refractivity contribution in [2.45, 2.75) is 4.90 Å².